The molecule has 0 bridgehead atoms. The zero-order valence-electron chi connectivity index (χ0n) is 12.4. The summed E-state index contributed by atoms with van der Waals surface area (Å²) >= 11 is 0. The number of hydrogen-bond acceptors (Lipinski definition) is 4. The summed E-state index contributed by atoms with van der Waals surface area (Å²) in [4.78, 5) is 24.1. The monoisotopic (exact) mass is 338 g/mol. The molecule has 0 unspecified atom stereocenters. The summed E-state index contributed by atoms with van der Waals surface area (Å²) in [5.74, 6) is -1.36. The highest BCUT2D eigenvalue weighted by molar-refractivity contribution is 7.93. The molecule has 0 atom stereocenters. The topological polar surface area (TPSA) is 104 Å². The first-order chi connectivity index (χ1) is 10.9. The Labute approximate surface area is 134 Å². The Bertz CT molecular complexity index is 692. The number of carbonyl (C=O) groups excluding carboxylic acids is 1. The molecule has 1 aliphatic heterocycles. The van der Waals surface area contributed by atoms with Crippen LogP contribution in [0.25, 0.3) is 6.08 Å². The highest BCUT2D eigenvalue weighted by Crippen LogP contribution is 2.17. The van der Waals surface area contributed by atoms with Gasteiger partial charge in [-0.25, -0.2) is 17.9 Å². The number of urea groups is 1. The molecule has 124 valence electrons. The van der Waals surface area contributed by atoms with Gasteiger partial charge in [-0.15, -0.1) is 0 Å². The maximum Gasteiger partial charge on any atom is 0.331 e. The Balaban J connectivity index is 1.92. The number of piperidine rings is 1. The second-order valence-electron chi connectivity index (χ2n) is 5.27. The number of carboxylic acid groups (broad SMARTS) is 1. The molecule has 1 fully saturated rings. The highest BCUT2D eigenvalue weighted by atomic mass is 32.2. The molecular formula is C15H18N2O5S. The Hall–Kier alpha value is -2.35. The summed E-state index contributed by atoms with van der Waals surface area (Å²) in [6.07, 6.45) is 2.04. The molecule has 1 heterocycles. The number of carbonyl (C=O) groups is 2. The van der Waals surface area contributed by atoms with Gasteiger partial charge in [-0.05, 0) is 24.5 Å². The van der Waals surface area contributed by atoms with E-state index in [4.69, 9.17) is 5.11 Å². The molecule has 1 aromatic carbocycles. The van der Waals surface area contributed by atoms with Gasteiger partial charge in [0.15, 0.2) is 0 Å². The van der Waals surface area contributed by atoms with Crippen LogP contribution in [0.5, 0.6) is 0 Å². The number of benzene rings is 1. The van der Waals surface area contributed by atoms with Gasteiger partial charge < -0.3 is 10.0 Å². The van der Waals surface area contributed by atoms with Gasteiger partial charge in [0, 0.05) is 13.1 Å². The van der Waals surface area contributed by atoms with Crippen LogP contribution in [0.1, 0.15) is 18.4 Å². The van der Waals surface area contributed by atoms with Crippen LogP contribution in [0.3, 0.4) is 0 Å². The number of sulfonamides is 1. The Morgan fingerprint density at radius 3 is 2.35 bits per heavy atom. The summed E-state index contributed by atoms with van der Waals surface area (Å²) in [6, 6.07) is 8.12. The van der Waals surface area contributed by atoms with Crippen molar-refractivity contribution in [1.29, 1.82) is 0 Å². The molecule has 2 rings (SSSR count). The van der Waals surface area contributed by atoms with Crippen molar-refractivity contribution < 1.29 is 23.1 Å². The maximum absolute atomic E-state index is 12.0. The van der Waals surface area contributed by atoms with E-state index in [2.05, 4.69) is 0 Å². The largest absolute Gasteiger partial charge is 0.481 e. The first-order valence-electron chi connectivity index (χ1n) is 7.15. The minimum atomic E-state index is -3.90. The van der Waals surface area contributed by atoms with Gasteiger partial charge in [0.25, 0.3) is 10.0 Å². The molecule has 1 aromatic rings. The zero-order valence-corrected chi connectivity index (χ0v) is 13.2. The molecule has 0 saturated carbocycles. The molecule has 8 heteroatoms. The molecule has 2 amide bonds. The molecule has 1 saturated heterocycles. The van der Waals surface area contributed by atoms with Crippen LogP contribution in [-0.4, -0.2) is 43.5 Å². The molecular weight excluding hydrogens is 320 g/mol. The van der Waals surface area contributed by atoms with E-state index in [9.17, 15) is 18.0 Å². The maximum atomic E-state index is 12.0. The third kappa shape index (κ3) is 5.10. The van der Waals surface area contributed by atoms with Gasteiger partial charge in [-0.2, -0.15) is 0 Å². The average molecular weight is 338 g/mol. The fourth-order valence-electron chi connectivity index (χ4n) is 2.28. The predicted octanol–water partition coefficient (Wildman–Crippen LogP) is 1.49. The molecule has 0 aliphatic carbocycles. The van der Waals surface area contributed by atoms with Crippen LogP contribution < -0.4 is 4.72 Å². The minimum Gasteiger partial charge on any atom is -0.481 e. The molecule has 0 radical (unpaired) electrons. The summed E-state index contributed by atoms with van der Waals surface area (Å²) in [5.41, 5.74) is 0.701. The van der Waals surface area contributed by atoms with Gasteiger partial charge in [0.05, 0.1) is 11.3 Å². The lowest BCUT2D eigenvalue weighted by Crippen LogP contribution is -2.46. The van der Waals surface area contributed by atoms with Crippen molar-refractivity contribution in [3.05, 3.63) is 41.3 Å². The van der Waals surface area contributed by atoms with E-state index in [0.717, 1.165) is 5.41 Å². The number of rotatable bonds is 4. The SMILES string of the molecule is O=C(O)C1CCN(C(=O)NS(=O)(=O)/C=C/c2ccccc2)CC1. The van der Waals surface area contributed by atoms with Crippen LogP contribution in [0.4, 0.5) is 4.79 Å². The van der Waals surface area contributed by atoms with Crippen LogP contribution >= 0.6 is 0 Å². The number of likely N-dealkylation sites (tertiary alicyclic amines) is 1. The van der Waals surface area contributed by atoms with Crippen molar-refractivity contribution in [1.82, 2.24) is 9.62 Å². The molecule has 2 N–H and O–H groups in total. The van der Waals surface area contributed by atoms with Crippen molar-refractivity contribution in [3.63, 3.8) is 0 Å². The van der Waals surface area contributed by atoms with Crippen molar-refractivity contribution in [2.24, 2.45) is 5.92 Å². The summed E-state index contributed by atoms with van der Waals surface area (Å²) in [6.45, 7) is 0.446. The second kappa shape index (κ2) is 7.28. The van der Waals surface area contributed by atoms with Crippen molar-refractivity contribution in [3.8, 4) is 0 Å². The average Bonchev–Trinajstić information content (AvgIpc) is 2.54. The number of hydrogen-bond donors (Lipinski definition) is 2. The van der Waals surface area contributed by atoms with E-state index in [1.54, 1.807) is 24.3 Å². The van der Waals surface area contributed by atoms with Crippen LogP contribution in [0.2, 0.25) is 0 Å². The Kier molecular flexibility index (Phi) is 5.38. The molecule has 1 aliphatic rings. The first-order valence-corrected chi connectivity index (χ1v) is 8.70. The van der Waals surface area contributed by atoms with E-state index >= 15 is 0 Å². The summed E-state index contributed by atoms with van der Waals surface area (Å²) < 4.78 is 25.7. The Morgan fingerprint density at radius 2 is 1.78 bits per heavy atom. The second-order valence-corrected chi connectivity index (χ2v) is 6.83. The third-order valence-corrected chi connectivity index (χ3v) is 4.55. The van der Waals surface area contributed by atoms with E-state index in [-0.39, 0.29) is 13.1 Å². The lowest BCUT2D eigenvalue weighted by atomic mass is 9.97. The Morgan fingerprint density at radius 1 is 1.17 bits per heavy atom. The number of aliphatic carboxylic acids is 1. The minimum absolute atomic E-state index is 0.223. The predicted molar refractivity (Wildman–Crippen MR) is 84.9 cm³/mol. The molecule has 23 heavy (non-hydrogen) atoms. The van der Waals surface area contributed by atoms with E-state index in [1.807, 2.05) is 10.8 Å². The normalized spacial score (nSPS) is 16.4. The number of amides is 2. The van der Waals surface area contributed by atoms with Crippen molar-refractivity contribution in [2.75, 3.05) is 13.1 Å². The summed E-state index contributed by atoms with van der Waals surface area (Å²) in [5, 5.41) is 9.84. The zero-order chi connectivity index (χ0) is 16.9. The van der Waals surface area contributed by atoms with Crippen LogP contribution in [-0.2, 0) is 14.8 Å². The van der Waals surface area contributed by atoms with Gasteiger partial charge in [-0.3, -0.25) is 4.79 Å². The van der Waals surface area contributed by atoms with E-state index in [1.165, 1.54) is 11.0 Å². The quantitative estimate of drug-likeness (QED) is 0.866. The number of carboxylic acids is 1. The summed E-state index contributed by atoms with van der Waals surface area (Å²) in [7, 11) is -3.90. The van der Waals surface area contributed by atoms with Crippen molar-refractivity contribution in [2.45, 2.75) is 12.8 Å². The number of nitrogens with zero attached hydrogens (tertiary/aromatic N) is 1. The lowest BCUT2D eigenvalue weighted by molar-refractivity contribution is -0.143. The smallest absolute Gasteiger partial charge is 0.331 e. The van der Waals surface area contributed by atoms with Crippen LogP contribution in [0.15, 0.2) is 35.7 Å². The lowest BCUT2D eigenvalue weighted by Gasteiger charge is -2.29. The third-order valence-electron chi connectivity index (χ3n) is 3.60. The molecule has 7 nitrogen and oxygen atoms in total. The fraction of sp³-hybridized carbons (Fsp3) is 0.333. The van der Waals surface area contributed by atoms with Gasteiger partial charge >= 0.3 is 12.0 Å². The van der Waals surface area contributed by atoms with E-state index in [0.29, 0.717) is 18.4 Å². The molecule has 0 aromatic heterocycles. The van der Waals surface area contributed by atoms with Gasteiger partial charge in [0.2, 0.25) is 0 Å². The van der Waals surface area contributed by atoms with Crippen LogP contribution in [0, 0.1) is 5.92 Å². The standard InChI is InChI=1S/C15H18N2O5S/c18-14(19)13-6-9-17(10-7-13)15(20)16-23(21,22)11-8-12-4-2-1-3-5-12/h1-5,8,11,13H,6-7,9-10H2,(H,16,20)(H,18,19)/b11-8+. The van der Waals surface area contributed by atoms with Crippen molar-refractivity contribution >= 4 is 28.1 Å². The first kappa shape index (κ1) is 17.0. The van der Waals surface area contributed by atoms with Gasteiger partial charge in [0.1, 0.15) is 0 Å². The highest BCUT2D eigenvalue weighted by Gasteiger charge is 2.28. The number of nitrogens with one attached hydrogen (secondary N) is 1. The fourth-order valence-corrected chi connectivity index (χ4v) is 3.06. The van der Waals surface area contributed by atoms with Gasteiger partial charge in [-0.1, -0.05) is 30.3 Å². The molecule has 0 spiro atoms. The van der Waals surface area contributed by atoms with E-state index < -0.39 is 27.9 Å².